The first-order chi connectivity index (χ1) is 15.4. The van der Waals surface area contributed by atoms with Gasteiger partial charge in [-0.25, -0.2) is 4.68 Å². The summed E-state index contributed by atoms with van der Waals surface area (Å²) >= 11 is 9.31. The number of rotatable bonds is 6. The smallest absolute Gasteiger partial charge is 0.203 e. The Morgan fingerprint density at radius 1 is 1.06 bits per heavy atom. The normalized spacial score (nSPS) is 11.9. The third-order valence-electron chi connectivity index (χ3n) is 5.28. The van der Waals surface area contributed by atoms with Gasteiger partial charge in [-0.2, -0.15) is 5.10 Å². The number of benzene rings is 3. The Kier molecular flexibility index (Phi) is 6.39. The molecular weight excluding hydrogens is 486 g/mol. The maximum absolute atomic E-state index is 13.2. The van der Waals surface area contributed by atoms with Gasteiger partial charge in [0.1, 0.15) is 11.8 Å². The van der Waals surface area contributed by atoms with Crippen molar-refractivity contribution in [3.63, 3.8) is 0 Å². The zero-order chi connectivity index (χ0) is 22.8. The van der Waals surface area contributed by atoms with Gasteiger partial charge < -0.3 is 4.74 Å². The molecule has 32 heavy (non-hydrogen) atoms. The summed E-state index contributed by atoms with van der Waals surface area (Å²) in [6.45, 7) is 3.86. The summed E-state index contributed by atoms with van der Waals surface area (Å²) in [5, 5.41) is 4.81. The molecule has 1 aromatic heterocycles. The molecule has 0 radical (unpaired) electrons. The minimum atomic E-state index is -0.573. The molecule has 5 nitrogen and oxygen atoms in total. The number of Topliss-reactive ketones (excluding diaryl/α,β-unsaturated/α-hetero) is 1. The average Bonchev–Trinajstić information content (AvgIpc) is 3.15. The number of methoxy groups -OCH3 is 1. The third kappa shape index (κ3) is 4.31. The Morgan fingerprint density at radius 2 is 1.75 bits per heavy atom. The highest BCUT2D eigenvalue weighted by molar-refractivity contribution is 9.10. The molecule has 1 unspecified atom stereocenters. The van der Waals surface area contributed by atoms with E-state index in [0.29, 0.717) is 21.9 Å². The molecule has 1 heterocycles. The van der Waals surface area contributed by atoms with E-state index < -0.39 is 6.04 Å². The fraction of sp³-hybridized carbons (Fsp3) is 0.160. The lowest BCUT2D eigenvalue weighted by atomic mass is 10.1. The first-order valence-electron chi connectivity index (χ1n) is 10.1. The summed E-state index contributed by atoms with van der Waals surface area (Å²) in [5.41, 5.74) is 3.50. The second-order valence-electron chi connectivity index (χ2n) is 7.50. The van der Waals surface area contributed by atoms with Crippen LogP contribution in [0.25, 0.3) is 17.1 Å². The SMILES string of the molecule is COc1ccc(C(=O)C(C)n2nc(-c3ccc(Br)cc3)n(-c3cccc(C)c3)c2=S)cc1. The monoisotopic (exact) mass is 507 g/mol. The van der Waals surface area contributed by atoms with Crippen LogP contribution >= 0.6 is 28.1 Å². The predicted octanol–water partition coefficient (Wildman–Crippen LogP) is 6.59. The summed E-state index contributed by atoms with van der Waals surface area (Å²) in [6, 6.07) is 22.4. The zero-order valence-corrected chi connectivity index (χ0v) is 20.4. The van der Waals surface area contributed by atoms with Gasteiger partial charge in [0.15, 0.2) is 11.6 Å². The number of halogens is 1. The minimum Gasteiger partial charge on any atom is -0.497 e. The van der Waals surface area contributed by atoms with Crippen LogP contribution in [0.3, 0.4) is 0 Å². The van der Waals surface area contributed by atoms with E-state index in [1.807, 2.05) is 60.9 Å². The molecule has 7 heteroatoms. The van der Waals surface area contributed by atoms with Crippen LogP contribution in [0.4, 0.5) is 0 Å². The quantitative estimate of drug-likeness (QED) is 0.218. The van der Waals surface area contributed by atoms with Gasteiger partial charge in [-0.1, -0.05) is 40.2 Å². The molecule has 0 aliphatic heterocycles. The number of hydrogen-bond donors (Lipinski definition) is 0. The second kappa shape index (κ2) is 9.22. The lowest BCUT2D eigenvalue weighted by Gasteiger charge is -2.11. The van der Waals surface area contributed by atoms with E-state index in [9.17, 15) is 4.79 Å². The lowest BCUT2D eigenvalue weighted by molar-refractivity contribution is 0.0927. The first kappa shape index (κ1) is 22.2. The molecule has 0 fully saturated rings. The van der Waals surface area contributed by atoms with Gasteiger partial charge in [-0.15, -0.1) is 0 Å². The highest BCUT2D eigenvalue weighted by Crippen LogP contribution is 2.27. The molecule has 0 bridgehead atoms. The van der Waals surface area contributed by atoms with Gasteiger partial charge in [0.2, 0.25) is 4.77 Å². The Morgan fingerprint density at radius 3 is 2.38 bits per heavy atom. The molecule has 0 spiro atoms. The van der Waals surface area contributed by atoms with Gasteiger partial charge in [0.05, 0.1) is 12.8 Å². The van der Waals surface area contributed by atoms with Gasteiger partial charge in [0.25, 0.3) is 0 Å². The van der Waals surface area contributed by atoms with Crippen molar-refractivity contribution in [3.8, 4) is 22.8 Å². The van der Waals surface area contributed by atoms with Crippen molar-refractivity contribution < 1.29 is 9.53 Å². The standard InChI is InChI=1S/C25H22BrN3O2S/c1-16-5-4-6-21(15-16)28-24(19-7-11-20(26)12-8-19)27-29(25(28)32)17(2)23(30)18-9-13-22(31-3)14-10-18/h4-15,17H,1-3H3. The van der Waals surface area contributed by atoms with Gasteiger partial charge in [-0.3, -0.25) is 9.36 Å². The fourth-order valence-corrected chi connectivity index (χ4v) is 4.18. The van der Waals surface area contributed by atoms with Crippen molar-refractivity contribution in [1.82, 2.24) is 14.3 Å². The first-order valence-corrected chi connectivity index (χ1v) is 11.3. The molecule has 1 atom stereocenters. The van der Waals surface area contributed by atoms with Gasteiger partial charge in [-0.05, 0) is 80.2 Å². The minimum absolute atomic E-state index is 0.0694. The van der Waals surface area contributed by atoms with E-state index in [1.165, 1.54) is 0 Å². The highest BCUT2D eigenvalue weighted by atomic mass is 79.9. The number of nitrogens with zero attached hydrogens (tertiary/aromatic N) is 3. The number of carbonyl (C=O) groups excluding carboxylic acids is 1. The van der Waals surface area contributed by atoms with Gasteiger partial charge >= 0.3 is 0 Å². The van der Waals surface area contributed by atoms with E-state index >= 15 is 0 Å². The molecule has 0 N–H and O–H groups in total. The maximum Gasteiger partial charge on any atom is 0.203 e. The van der Waals surface area contributed by atoms with Crippen LogP contribution in [0.2, 0.25) is 0 Å². The topological polar surface area (TPSA) is 49.1 Å². The molecule has 0 aliphatic carbocycles. The van der Waals surface area contributed by atoms with Crippen LogP contribution in [-0.4, -0.2) is 27.2 Å². The Bertz CT molecular complexity index is 1320. The van der Waals surface area contributed by atoms with Crippen molar-refractivity contribution in [3.05, 3.63) is 93.2 Å². The summed E-state index contributed by atoms with van der Waals surface area (Å²) in [5.74, 6) is 1.31. The largest absolute Gasteiger partial charge is 0.497 e. The summed E-state index contributed by atoms with van der Waals surface area (Å²) in [4.78, 5) is 13.2. The molecule has 3 aromatic carbocycles. The molecule has 162 valence electrons. The molecule has 4 rings (SSSR count). The summed E-state index contributed by atoms with van der Waals surface area (Å²) < 4.78 is 10.2. The fourth-order valence-electron chi connectivity index (χ4n) is 3.53. The van der Waals surface area contributed by atoms with Crippen molar-refractivity contribution in [1.29, 1.82) is 0 Å². The van der Waals surface area contributed by atoms with Crippen LogP contribution in [0.15, 0.2) is 77.3 Å². The van der Waals surface area contributed by atoms with Gasteiger partial charge in [0, 0.05) is 15.6 Å². The average molecular weight is 508 g/mol. The van der Waals surface area contributed by atoms with E-state index in [4.69, 9.17) is 22.1 Å². The maximum atomic E-state index is 13.2. The number of ether oxygens (including phenoxy) is 1. The number of ketones is 1. The highest BCUT2D eigenvalue weighted by Gasteiger charge is 2.23. The van der Waals surface area contributed by atoms with Crippen molar-refractivity contribution in [2.45, 2.75) is 19.9 Å². The number of aryl methyl sites for hydroxylation is 1. The molecule has 0 saturated heterocycles. The molecule has 0 aliphatic rings. The Balaban J connectivity index is 1.83. The molecule has 0 saturated carbocycles. The zero-order valence-electron chi connectivity index (χ0n) is 17.9. The second-order valence-corrected chi connectivity index (χ2v) is 8.78. The molecule has 0 amide bonds. The van der Waals surface area contributed by atoms with Crippen LogP contribution in [0.5, 0.6) is 5.75 Å². The number of carbonyl (C=O) groups is 1. The Labute approximate surface area is 200 Å². The number of hydrogen-bond acceptors (Lipinski definition) is 4. The third-order valence-corrected chi connectivity index (χ3v) is 6.18. The molecule has 4 aromatic rings. The van der Waals surface area contributed by atoms with Crippen LogP contribution in [-0.2, 0) is 0 Å². The lowest BCUT2D eigenvalue weighted by Crippen LogP contribution is -2.18. The van der Waals surface area contributed by atoms with E-state index in [1.54, 1.807) is 36.1 Å². The van der Waals surface area contributed by atoms with Crippen molar-refractivity contribution >= 4 is 33.9 Å². The Hall–Kier alpha value is -3.03. The summed E-state index contributed by atoms with van der Waals surface area (Å²) in [6.07, 6.45) is 0. The number of aromatic nitrogens is 3. The van der Waals surface area contributed by atoms with Crippen LogP contribution in [0, 0.1) is 11.7 Å². The van der Waals surface area contributed by atoms with Crippen molar-refractivity contribution in [2.24, 2.45) is 0 Å². The predicted molar refractivity (Wildman–Crippen MR) is 132 cm³/mol. The van der Waals surface area contributed by atoms with Crippen LogP contribution < -0.4 is 4.74 Å². The van der Waals surface area contributed by atoms with E-state index in [2.05, 4.69) is 22.0 Å². The van der Waals surface area contributed by atoms with Crippen LogP contribution in [0.1, 0.15) is 28.9 Å². The molecular formula is C25H22BrN3O2S. The van der Waals surface area contributed by atoms with E-state index in [-0.39, 0.29) is 5.78 Å². The summed E-state index contributed by atoms with van der Waals surface area (Å²) in [7, 11) is 1.60. The van der Waals surface area contributed by atoms with E-state index in [0.717, 1.165) is 21.3 Å². The van der Waals surface area contributed by atoms with Crippen molar-refractivity contribution in [2.75, 3.05) is 7.11 Å².